The largest absolute Gasteiger partial charge is 0.368 e. The van der Waals surface area contributed by atoms with E-state index in [1.165, 1.54) is 11.8 Å². The average molecular weight is 346 g/mol. The standard InChI is InChI=1S/C14H12ClN7S/c15-9-2-4-10(5-3-9)19-13-21-11(20-12(16)22-13)8-23-14-17-6-1-7-18-14/h1-7H,8H2,(H3,16,19,20,21,22). The molecule has 0 atom stereocenters. The lowest BCUT2D eigenvalue weighted by atomic mass is 10.3. The Hall–Kier alpha value is -2.45. The predicted molar refractivity (Wildman–Crippen MR) is 90.6 cm³/mol. The van der Waals surface area contributed by atoms with E-state index in [1.807, 2.05) is 12.1 Å². The number of thioether (sulfide) groups is 1. The van der Waals surface area contributed by atoms with Gasteiger partial charge in [-0.3, -0.25) is 0 Å². The van der Waals surface area contributed by atoms with Crippen LogP contribution in [0.1, 0.15) is 5.82 Å². The highest BCUT2D eigenvalue weighted by Crippen LogP contribution is 2.19. The summed E-state index contributed by atoms with van der Waals surface area (Å²) in [4.78, 5) is 20.8. The molecule has 0 spiro atoms. The van der Waals surface area contributed by atoms with E-state index in [-0.39, 0.29) is 5.95 Å². The van der Waals surface area contributed by atoms with Crippen molar-refractivity contribution in [3.8, 4) is 0 Å². The van der Waals surface area contributed by atoms with Crippen molar-refractivity contribution in [2.45, 2.75) is 10.9 Å². The first kappa shape index (κ1) is 15.4. The second kappa shape index (κ2) is 7.21. The summed E-state index contributed by atoms with van der Waals surface area (Å²) < 4.78 is 0. The number of nitrogens with two attached hydrogens (primary N) is 1. The fraction of sp³-hybridized carbons (Fsp3) is 0.0714. The van der Waals surface area contributed by atoms with Gasteiger partial charge in [0.2, 0.25) is 11.9 Å². The van der Waals surface area contributed by atoms with Crippen LogP contribution in [0.3, 0.4) is 0 Å². The summed E-state index contributed by atoms with van der Waals surface area (Å²) in [5, 5.41) is 4.38. The van der Waals surface area contributed by atoms with Gasteiger partial charge in [-0.25, -0.2) is 9.97 Å². The van der Waals surface area contributed by atoms with Gasteiger partial charge in [0.1, 0.15) is 5.82 Å². The highest BCUT2D eigenvalue weighted by atomic mass is 35.5. The van der Waals surface area contributed by atoms with Gasteiger partial charge in [0.25, 0.3) is 0 Å². The van der Waals surface area contributed by atoms with E-state index in [0.29, 0.717) is 27.7 Å². The van der Waals surface area contributed by atoms with E-state index in [2.05, 4.69) is 30.2 Å². The molecule has 0 unspecified atom stereocenters. The summed E-state index contributed by atoms with van der Waals surface area (Å²) in [6, 6.07) is 8.97. The van der Waals surface area contributed by atoms with Gasteiger partial charge in [0.15, 0.2) is 5.16 Å². The molecule has 0 fully saturated rings. The summed E-state index contributed by atoms with van der Waals surface area (Å²) in [7, 11) is 0. The Kier molecular flexibility index (Phi) is 4.84. The zero-order chi connectivity index (χ0) is 16.1. The van der Waals surface area contributed by atoms with Gasteiger partial charge in [-0.2, -0.15) is 15.0 Å². The molecule has 116 valence electrons. The Morgan fingerprint density at radius 2 is 1.78 bits per heavy atom. The van der Waals surface area contributed by atoms with Gasteiger partial charge in [0, 0.05) is 23.1 Å². The molecule has 1 aromatic carbocycles. The van der Waals surface area contributed by atoms with E-state index in [9.17, 15) is 0 Å². The quantitative estimate of drug-likeness (QED) is 0.537. The number of hydrogen-bond donors (Lipinski definition) is 2. The van der Waals surface area contributed by atoms with Gasteiger partial charge < -0.3 is 11.1 Å². The Bertz CT molecular complexity index is 783. The lowest BCUT2D eigenvalue weighted by Gasteiger charge is -2.07. The van der Waals surface area contributed by atoms with Crippen molar-refractivity contribution >= 4 is 40.9 Å². The molecule has 0 saturated heterocycles. The summed E-state index contributed by atoms with van der Waals surface area (Å²) in [6.45, 7) is 0. The zero-order valence-corrected chi connectivity index (χ0v) is 13.4. The molecular weight excluding hydrogens is 334 g/mol. The molecule has 7 nitrogen and oxygen atoms in total. The molecule has 3 aromatic rings. The van der Waals surface area contributed by atoms with E-state index in [0.717, 1.165) is 5.69 Å². The van der Waals surface area contributed by atoms with E-state index < -0.39 is 0 Å². The zero-order valence-electron chi connectivity index (χ0n) is 11.8. The molecule has 0 amide bonds. The normalized spacial score (nSPS) is 10.5. The van der Waals surface area contributed by atoms with Crippen molar-refractivity contribution in [3.05, 3.63) is 53.6 Å². The molecule has 23 heavy (non-hydrogen) atoms. The second-order valence-corrected chi connectivity index (χ2v) is 5.76. The van der Waals surface area contributed by atoms with Crippen LogP contribution < -0.4 is 11.1 Å². The fourth-order valence-electron chi connectivity index (χ4n) is 1.71. The average Bonchev–Trinajstić information content (AvgIpc) is 2.56. The first-order valence-electron chi connectivity index (χ1n) is 6.62. The molecule has 9 heteroatoms. The van der Waals surface area contributed by atoms with Gasteiger partial charge >= 0.3 is 0 Å². The number of nitrogen functional groups attached to an aromatic ring is 1. The highest BCUT2D eigenvalue weighted by Gasteiger charge is 2.07. The monoisotopic (exact) mass is 345 g/mol. The summed E-state index contributed by atoms with van der Waals surface area (Å²) in [6.07, 6.45) is 3.37. The molecule has 0 saturated carbocycles. The first-order chi connectivity index (χ1) is 11.2. The number of nitrogens with one attached hydrogen (secondary N) is 1. The number of aromatic nitrogens is 5. The van der Waals surface area contributed by atoms with Crippen LogP contribution in [-0.4, -0.2) is 24.9 Å². The first-order valence-corrected chi connectivity index (χ1v) is 7.98. The third-order valence-electron chi connectivity index (χ3n) is 2.67. The molecule has 3 rings (SSSR count). The molecule has 2 heterocycles. The third kappa shape index (κ3) is 4.51. The maximum atomic E-state index is 5.86. The maximum absolute atomic E-state index is 5.86. The number of nitrogens with zero attached hydrogens (tertiary/aromatic N) is 5. The molecule has 0 aliphatic heterocycles. The molecular formula is C14H12ClN7S. The predicted octanol–water partition coefficient (Wildman–Crippen LogP) is 2.93. The summed E-state index contributed by atoms with van der Waals surface area (Å²) in [5.74, 6) is 1.57. The number of anilines is 3. The smallest absolute Gasteiger partial charge is 0.232 e. The molecule has 0 aliphatic rings. The van der Waals surface area contributed by atoms with Crippen LogP contribution >= 0.6 is 23.4 Å². The van der Waals surface area contributed by atoms with Crippen molar-refractivity contribution in [3.63, 3.8) is 0 Å². The molecule has 2 aromatic heterocycles. The molecule has 0 radical (unpaired) electrons. The van der Waals surface area contributed by atoms with E-state index in [4.69, 9.17) is 17.3 Å². The maximum Gasteiger partial charge on any atom is 0.232 e. The van der Waals surface area contributed by atoms with Crippen molar-refractivity contribution in [2.24, 2.45) is 0 Å². The van der Waals surface area contributed by atoms with Crippen molar-refractivity contribution < 1.29 is 0 Å². The minimum atomic E-state index is 0.154. The highest BCUT2D eigenvalue weighted by molar-refractivity contribution is 7.98. The summed E-state index contributed by atoms with van der Waals surface area (Å²) >= 11 is 7.28. The van der Waals surface area contributed by atoms with Gasteiger partial charge in [0.05, 0.1) is 5.75 Å². The molecule has 0 bridgehead atoms. The number of rotatable bonds is 5. The van der Waals surface area contributed by atoms with Crippen molar-refractivity contribution in [1.82, 2.24) is 24.9 Å². The van der Waals surface area contributed by atoms with Crippen LogP contribution in [0.2, 0.25) is 5.02 Å². The van der Waals surface area contributed by atoms with E-state index >= 15 is 0 Å². The van der Waals surface area contributed by atoms with Gasteiger partial charge in [-0.05, 0) is 30.3 Å². The van der Waals surface area contributed by atoms with Crippen molar-refractivity contribution in [1.29, 1.82) is 0 Å². The lowest BCUT2D eigenvalue weighted by molar-refractivity contribution is 0.949. The number of hydrogen-bond acceptors (Lipinski definition) is 8. The van der Waals surface area contributed by atoms with Gasteiger partial charge in [-0.1, -0.05) is 23.4 Å². The minimum absolute atomic E-state index is 0.154. The van der Waals surface area contributed by atoms with Crippen LogP contribution in [0.25, 0.3) is 0 Å². The van der Waals surface area contributed by atoms with Gasteiger partial charge in [-0.15, -0.1) is 0 Å². The van der Waals surface area contributed by atoms with Crippen molar-refractivity contribution in [2.75, 3.05) is 11.1 Å². The SMILES string of the molecule is Nc1nc(CSc2ncccn2)nc(Nc2ccc(Cl)cc2)n1. The summed E-state index contributed by atoms with van der Waals surface area (Å²) in [5.41, 5.74) is 6.55. The Balaban J connectivity index is 1.72. The Morgan fingerprint density at radius 3 is 2.52 bits per heavy atom. The third-order valence-corrected chi connectivity index (χ3v) is 3.80. The fourth-order valence-corrected chi connectivity index (χ4v) is 2.49. The Morgan fingerprint density at radius 1 is 1.04 bits per heavy atom. The Labute approximate surface area is 141 Å². The number of benzene rings is 1. The topological polar surface area (TPSA) is 102 Å². The van der Waals surface area contributed by atoms with Crippen LogP contribution in [0.4, 0.5) is 17.6 Å². The van der Waals surface area contributed by atoms with Crippen LogP contribution in [-0.2, 0) is 5.75 Å². The van der Waals surface area contributed by atoms with Crippen LogP contribution in [0.5, 0.6) is 0 Å². The number of halogens is 1. The molecule has 3 N–H and O–H groups in total. The van der Waals surface area contributed by atoms with Crippen LogP contribution in [0, 0.1) is 0 Å². The lowest BCUT2D eigenvalue weighted by Crippen LogP contribution is -2.06. The minimum Gasteiger partial charge on any atom is -0.368 e. The van der Waals surface area contributed by atoms with E-state index in [1.54, 1.807) is 30.6 Å². The molecule has 0 aliphatic carbocycles. The van der Waals surface area contributed by atoms with Crippen LogP contribution in [0.15, 0.2) is 47.9 Å². The second-order valence-electron chi connectivity index (χ2n) is 4.39.